The summed E-state index contributed by atoms with van der Waals surface area (Å²) in [5, 5.41) is 0. The lowest BCUT2D eigenvalue weighted by Crippen LogP contribution is -2.54. The molecule has 1 saturated carbocycles. The third-order valence-electron chi connectivity index (χ3n) is 6.26. The Balaban J connectivity index is 1.46. The molecule has 0 atom stereocenters. The van der Waals surface area contributed by atoms with Crippen molar-refractivity contribution >= 4 is 15.9 Å². The van der Waals surface area contributed by atoms with Gasteiger partial charge in [-0.3, -0.25) is 4.79 Å². The Bertz CT molecular complexity index is 825. The molecule has 0 aromatic heterocycles. The molecule has 2 saturated heterocycles. The highest BCUT2D eigenvalue weighted by Crippen LogP contribution is 2.36. The third kappa shape index (κ3) is 4.44. The summed E-state index contributed by atoms with van der Waals surface area (Å²) in [6.07, 6.45) is 5.09. The smallest absolute Gasteiger partial charge is 0.243 e. The molecule has 29 heavy (non-hydrogen) atoms. The minimum absolute atomic E-state index is 0.114. The molecule has 2 aliphatic heterocycles. The largest absolute Gasteiger partial charge is 0.497 e. The molecule has 3 aliphatic rings. The fourth-order valence-corrected chi connectivity index (χ4v) is 5.94. The van der Waals surface area contributed by atoms with Gasteiger partial charge in [0.25, 0.3) is 0 Å². The number of sulfonamides is 1. The Morgan fingerprint density at radius 1 is 1.07 bits per heavy atom. The van der Waals surface area contributed by atoms with Gasteiger partial charge in [-0.25, -0.2) is 8.42 Å². The van der Waals surface area contributed by atoms with Crippen molar-refractivity contribution in [3.8, 4) is 5.75 Å². The molecule has 0 spiro atoms. The predicted molar refractivity (Wildman–Crippen MR) is 108 cm³/mol. The van der Waals surface area contributed by atoms with E-state index in [0.717, 1.165) is 25.7 Å². The summed E-state index contributed by atoms with van der Waals surface area (Å²) in [4.78, 5) is 15.4. The Morgan fingerprint density at radius 3 is 2.34 bits per heavy atom. The van der Waals surface area contributed by atoms with Crippen LogP contribution < -0.4 is 4.74 Å². The van der Waals surface area contributed by atoms with Crippen LogP contribution in [0.2, 0.25) is 0 Å². The van der Waals surface area contributed by atoms with Crippen LogP contribution in [0.5, 0.6) is 5.75 Å². The van der Waals surface area contributed by atoms with Crippen LogP contribution in [-0.2, 0) is 19.6 Å². The van der Waals surface area contributed by atoms with Crippen LogP contribution in [0, 0.1) is 5.92 Å². The zero-order valence-corrected chi connectivity index (χ0v) is 17.8. The van der Waals surface area contributed by atoms with Crippen LogP contribution in [-0.4, -0.2) is 69.0 Å². The van der Waals surface area contributed by atoms with Crippen molar-refractivity contribution in [1.29, 1.82) is 0 Å². The molecule has 4 rings (SSSR count). The Morgan fingerprint density at radius 2 is 1.72 bits per heavy atom. The first-order chi connectivity index (χ1) is 14.0. The second-order valence-electron chi connectivity index (χ2n) is 8.18. The van der Waals surface area contributed by atoms with Gasteiger partial charge in [0.05, 0.1) is 12.0 Å². The number of ether oxygens (including phenoxy) is 2. The second-order valence-corrected chi connectivity index (χ2v) is 10.1. The Kier molecular flexibility index (Phi) is 6.13. The highest BCUT2D eigenvalue weighted by molar-refractivity contribution is 7.89. The highest BCUT2D eigenvalue weighted by atomic mass is 32.2. The van der Waals surface area contributed by atoms with Crippen molar-refractivity contribution in [1.82, 2.24) is 9.21 Å². The van der Waals surface area contributed by atoms with E-state index in [1.807, 2.05) is 0 Å². The number of benzene rings is 1. The molecule has 2 heterocycles. The van der Waals surface area contributed by atoms with Gasteiger partial charge in [0.2, 0.25) is 15.9 Å². The maximum Gasteiger partial charge on any atom is 0.243 e. The van der Waals surface area contributed by atoms with Crippen LogP contribution in [0.15, 0.2) is 29.2 Å². The van der Waals surface area contributed by atoms with E-state index in [-0.39, 0.29) is 28.8 Å². The second kappa shape index (κ2) is 8.62. The molecule has 0 N–H and O–H groups in total. The maximum atomic E-state index is 13.1. The topological polar surface area (TPSA) is 76.2 Å². The van der Waals surface area contributed by atoms with Gasteiger partial charge in [-0.1, -0.05) is 6.07 Å². The van der Waals surface area contributed by atoms with Crippen LogP contribution in [0.1, 0.15) is 38.5 Å². The van der Waals surface area contributed by atoms with Crippen LogP contribution in [0.3, 0.4) is 0 Å². The molecule has 3 fully saturated rings. The minimum Gasteiger partial charge on any atom is -0.497 e. The maximum absolute atomic E-state index is 13.1. The van der Waals surface area contributed by atoms with Gasteiger partial charge < -0.3 is 14.4 Å². The predicted octanol–water partition coefficient (Wildman–Crippen LogP) is 2.27. The number of amides is 1. The molecule has 1 aromatic rings. The van der Waals surface area contributed by atoms with Crippen molar-refractivity contribution in [2.45, 2.75) is 55.5 Å². The number of methoxy groups -OCH3 is 1. The lowest BCUT2D eigenvalue weighted by molar-refractivity contribution is -0.141. The van der Waals surface area contributed by atoms with Gasteiger partial charge in [0.1, 0.15) is 5.75 Å². The molecular formula is C21H30N2O5S. The average molecular weight is 423 g/mol. The zero-order valence-electron chi connectivity index (χ0n) is 17.0. The molecule has 0 radical (unpaired) electrons. The van der Waals surface area contributed by atoms with E-state index in [2.05, 4.69) is 4.90 Å². The summed E-state index contributed by atoms with van der Waals surface area (Å²) in [6.45, 7) is 2.26. The SMILES string of the molecule is COc1cccc(S(=O)(=O)N2CCC(N(C(=O)C3CC3)C3CCOCC3)CC2)c1. The number of carbonyl (C=O) groups excluding carboxylic acids is 1. The van der Waals surface area contributed by atoms with Crippen molar-refractivity contribution in [3.63, 3.8) is 0 Å². The van der Waals surface area contributed by atoms with Crippen LogP contribution in [0.4, 0.5) is 0 Å². The summed E-state index contributed by atoms with van der Waals surface area (Å²) in [5.74, 6) is 0.976. The van der Waals surface area contributed by atoms with Gasteiger partial charge >= 0.3 is 0 Å². The van der Waals surface area contributed by atoms with Gasteiger partial charge in [-0.2, -0.15) is 4.31 Å². The van der Waals surface area contributed by atoms with E-state index in [0.29, 0.717) is 44.9 Å². The Hall–Kier alpha value is -1.64. The van der Waals surface area contributed by atoms with Crippen molar-refractivity contribution in [2.75, 3.05) is 33.4 Å². The quantitative estimate of drug-likeness (QED) is 0.703. The molecular weight excluding hydrogens is 392 g/mol. The zero-order chi connectivity index (χ0) is 20.4. The lowest BCUT2D eigenvalue weighted by atomic mass is 9.98. The molecule has 0 bridgehead atoms. The van der Waals surface area contributed by atoms with Gasteiger partial charge in [0.15, 0.2) is 0 Å². The van der Waals surface area contributed by atoms with E-state index in [4.69, 9.17) is 9.47 Å². The number of hydrogen-bond acceptors (Lipinski definition) is 5. The first-order valence-electron chi connectivity index (χ1n) is 10.5. The molecule has 1 aromatic carbocycles. The van der Waals surface area contributed by atoms with E-state index in [1.165, 1.54) is 7.11 Å². The summed E-state index contributed by atoms with van der Waals surface area (Å²) in [5.41, 5.74) is 0. The van der Waals surface area contributed by atoms with Crippen molar-refractivity contribution in [2.24, 2.45) is 5.92 Å². The molecule has 7 nitrogen and oxygen atoms in total. The van der Waals surface area contributed by atoms with Crippen LogP contribution in [0.25, 0.3) is 0 Å². The summed E-state index contributed by atoms with van der Waals surface area (Å²) < 4.78 is 38.3. The van der Waals surface area contributed by atoms with Crippen molar-refractivity contribution in [3.05, 3.63) is 24.3 Å². The molecule has 160 valence electrons. The molecule has 1 amide bonds. The molecule has 0 unspecified atom stereocenters. The molecule has 1 aliphatic carbocycles. The first kappa shape index (κ1) is 20.6. The van der Waals surface area contributed by atoms with E-state index in [9.17, 15) is 13.2 Å². The standard InChI is InChI=1S/C21H30N2O5S/c1-27-19-3-2-4-20(15-19)29(25,26)22-11-7-17(8-12-22)23(21(24)16-5-6-16)18-9-13-28-14-10-18/h2-4,15-18H,5-14H2,1H3. The van der Waals surface area contributed by atoms with Crippen molar-refractivity contribution < 1.29 is 22.7 Å². The number of nitrogens with zero attached hydrogens (tertiary/aromatic N) is 2. The lowest BCUT2D eigenvalue weighted by Gasteiger charge is -2.43. The molecule has 8 heteroatoms. The van der Waals surface area contributed by atoms with Gasteiger partial charge in [0, 0.05) is 50.4 Å². The minimum atomic E-state index is -3.56. The van der Waals surface area contributed by atoms with Gasteiger partial charge in [-0.15, -0.1) is 0 Å². The number of piperidine rings is 1. The highest BCUT2D eigenvalue weighted by Gasteiger charge is 2.41. The van der Waals surface area contributed by atoms with E-state index >= 15 is 0 Å². The summed E-state index contributed by atoms with van der Waals surface area (Å²) in [7, 11) is -2.04. The number of carbonyl (C=O) groups is 1. The fraction of sp³-hybridized carbons (Fsp3) is 0.667. The van der Waals surface area contributed by atoms with Crippen LogP contribution >= 0.6 is 0 Å². The van der Waals surface area contributed by atoms with Gasteiger partial charge in [-0.05, 0) is 50.7 Å². The first-order valence-corrected chi connectivity index (χ1v) is 12.0. The Labute approximate surface area is 173 Å². The summed E-state index contributed by atoms with van der Waals surface area (Å²) >= 11 is 0. The normalized spacial score (nSPS) is 22.4. The van der Waals surface area contributed by atoms with E-state index in [1.54, 1.807) is 28.6 Å². The fourth-order valence-electron chi connectivity index (χ4n) is 4.43. The number of rotatable bonds is 6. The monoisotopic (exact) mass is 422 g/mol. The van der Waals surface area contributed by atoms with E-state index < -0.39 is 10.0 Å². The summed E-state index contributed by atoms with van der Waals surface area (Å²) in [6, 6.07) is 6.94. The average Bonchev–Trinajstić information content (AvgIpc) is 3.60. The number of hydrogen-bond donors (Lipinski definition) is 0. The third-order valence-corrected chi connectivity index (χ3v) is 8.16.